The lowest BCUT2D eigenvalue weighted by Gasteiger charge is -2.26. The van der Waals surface area contributed by atoms with E-state index in [0.29, 0.717) is 11.5 Å². The van der Waals surface area contributed by atoms with Crippen molar-refractivity contribution in [1.82, 2.24) is 24.5 Å². The number of rotatable bonds is 3. The molecule has 0 atom stereocenters. The SMILES string of the molecule is CSc1nn2c(=O)cc(CN3CCc4c([nH]c5ccccc45)C3)nc2s1. The van der Waals surface area contributed by atoms with Crippen LogP contribution in [0.2, 0.25) is 0 Å². The molecule has 1 aromatic carbocycles. The van der Waals surface area contributed by atoms with E-state index in [9.17, 15) is 4.79 Å². The zero-order valence-corrected chi connectivity index (χ0v) is 15.9. The van der Waals surface area contributed by atoms with Crippen molar-refractivity contribution in [3.63, 3.8) is 0 Å². The van der Waals surface area contributed by atoms with Gasteiger partial charge in [0, 0.05) is 42.3 Å². The third-order valence-corrected chi connectivity index (χ3v) is 6.69. The molecule has 0 aliphatic carbocycles. The average Bonchev–Trinajstić information content (AvgIpc) is 3.22. The summed E-state index contributed by atoms with van der Waals surface area (Å²) in [6, 6.07) is 10.1. The van der Waals surface area contributed by atoms with Gasteiger partial charge in [-0.05, 0) is 24.3 Å². The Labute approximate surface area is 157 Å². The van der Waals surface area contributed by atoms with Gasteiger partial charge in [0.05, 0.1) is 5.69 Å². The highest BCUT2D eigenvalue weighted by molar-refractivity contribution is 8.00. The van der Waals surface area contributed by atoms with Crippen LogP contribution in [0.3, 0.4) is 0 Å². The van der Waals surface area contributed by atoms with Crippen molar-refractivity contribution in [3.8, 4) is 0 Å². The predicted molar refractivity (Wildman–Crippen MR) is 105 cm³/mol. The van der Waals surface area contributed by atoms with E-state index in [1.54, 1.807) is 6.07 Å². The first kappa shape index (κ1) is 16.0. The van der Waals surface area contributed by atoms with Crippen molar-refractivity contribution in [2.45, 2.75) is 23.8 Å². The van der Waals surface area contributed by atoms with E-state index in [1.165, 1.54) is 49.8 Å². The van der Waals surface area contributed by atoms with Crippen molar-refractivity contribution >= 4 is 39.0 Å². The van der Waals surface area contributed by atoms with E-state index >= 15 is 0 Å². The Kier molecular flexibility index (Phi) is 3.84. The second-order valence-electron chi connectivity index (χ2n) is 6.44. The maximum absolute atomic E-state index is 12.3. The number of aromatic nitrogens is 4. The van der Waals surface area contributed by atoms with Crippen LogP contribution in [0.25, 0.3) is 15.9 Å². The summed E-state index contributed by atoms with van der Waals surface area (Å²) in [5, 5.41) is 5.61. The predicted octanol–water partition coefficient (Wildman–Crippen LogP) is 2.91. The number of nitrogens with one attached hydrogen (secondary N) is 1. The molecule has 0 unspecified atom stereocenters. The molecule has 0 saturated carbocycles. The van der Waals surface area contributed by atoms with Crippen molar-refractivity contribution in [1.29, 1.82) is 0 Å². The van der Waals surface area contributed by atoms with Crippen LogP contribution < -0.4 is 5.56 Å². The minimum atomic E-state index is -0.107. The van der Waals surface area contributed by atoms with E-state index in [4.69, 9.17) is 0 Å². The monoisotopic (exact) mass is 383 g/mol. The molecule has 0 spiro atoms. The summed E-state index contributed by atoms with van der Waals surface area (Å²) in [5.41, 5.74) is 4.60. The fourth-order valence-corrected chi connectivity index (χ4v) is 4.99. The third-order valence-electron chi connectivity index (χ3n) is 4.80. The number of H-pyrrole nitrogens is 1. The molecule has 1 aliphatic rings. The van der Waals surface area contributed by atoms with Crippen LogP contribution in [0.15, 0.2) is 39.5 Å². The van der Waals surface area contributed by atoms with Gasteiger partial charge in [-0.15, -0.1) is 5.10 Å². The molecule has 6 nitrogen and oxygen atoms in total. The largest absolute Gasteiger partial charge is 0.357 e. The van der Waals surface area contributed by atoms with E-state index in [0.717, 1.165) is 29.5 Å². The molecule has 5 rings (SSSR count). The summed E-state index contributed by atoms with van der Waals surface area (Å²) in [7, 11) is 0. The zero-order valence-electron chi connectivity index (χ0n) is 14.2. The van der Waals surface area contributed by atoms with Crippen LogP contribution in [-0.2, 0) is 19.5 Å². The third kappa shape index (κ3) is 2.65. The van der Waals surface area contributed by atoms with Gasteiger partial charge in [0.25, 0.3) is 5.56 Å². The Morgan fingerprint density at radius 1 is 1.35 bits per heavy atom. The van der Waals surface area contributed by atoms with Gasteiger partial charge in [-0.3, -0.25) is 9.69 Å². The molecule has 0 radical (unpaired) electrons. The van der Waals surface area contributed by atoms with Gasteiger partial charge in [0.1, 0.15) is 0 Å². The van der Waals surface area contributed by atoms with Crippen LogP contribution in [-0.4, -0.2) is 37.3 Å². The maximum Gasteiger partial charge on any atom is 0.275 e. The summed E-state index contributed by atoms with van der Waals surface area (Å²) < 4.78 is 2.25. The number of nitrogens with zero attached hydrogens (tertiary/aromatic N) is 4. The van der Waals surface area contributed by atoms with Gasteiger partial charge < -0.3 is 4.98 Å². The highest BCUT2D eigenvalue weighted by Crippen LogP contribution is 2.28. The Hall–Kier alpha value is -2.16. The molecule has 26 heavy (non-hydrogen) atoms. The normalized spacial score (nSPS) is 15.0. The van der Waals surface area contributed by atoms with Crippen molar-refractivity contribution in [3.05, 3.63) is 57.6 Å². The van der Waals surface area contributed by atoms with E-state index < -0.39 is 0 Å². The second kappa shape index (κ2) is 6.22. The van der Waals surface area contributed by atoms with Crippen LogP contribution in [0.4, 0.5) is 0 Å². The van der Waals surface area contributed by atoms with Crippen molar-refractivity contribution in [2.24, 2.45) is 0 Å². The van der Waals surface area contributed by atoms with Crippen LogP contribution in [0.5, 0.6) is 0 Å². The van der Waals surface area contributed by atoms with E-state index in [2.05, 4.69) is 44.2 Å². The van der Waals surface area contributed by atoms with Crippen molar-refractivity contribution in [2.75, 3.05) is 12.8 Å². The fourth-order valence-electron chi connectivity index (χ4n) is 3.62. The lowest BCUT2D eigenvalue weighted by molar-refractivity contribution is 0.240. The highest BCUT2D eigenvalue weighted by atomic mass is 32.2. The number of hydrogen-bond donors (Lipinski definition) is 1. The molecule has 0 bridgehead atoms. The zero-order chi connectivity index (χ0) is 17.7. The molecular formula is C18H17N5OS2. The quantitative estimate of drug-likeness (QED) is 0.551. The molecule has 1 aliphatic heterocycles. The first-order valence-corrected chi connectivity index (χ1v) is 10.5. The lowest BCUT2D eigenvalue weighted by atomic mass is 10.0. The molecule has 3 aromatic heterocycles. The van der Waals surface area contributed by atoms with E-state index in [-0.39, 0.29) is 5.56 Å². The Morgan fingerprint density at radius 2 is 2.23 bits per heavy atom. The first-order chi connectivity index (χ1) is 12.7. The summed E-state index contributed by atoms with van der Waals surface area (Å²) in [6.45, 7) is 2.49. The molecule has 8 heteroatoms. The minimum absolute atomic E-state index is 0.107. The van der Waals surface area contributed by atoms with Gasteiger partial charge in [-0.2, -0.15) is 4.52 Å². The number of para-hydroxylation sites is 1. The molecule has 1 N–H and O–H groups in total. The van der Waals surface area contributed by atoms with Gasteiger partial charge in [-0.1, -0.05) is 41.3 Å². The smallest absolute Gasteiger partial charge is 0.275 e. The summed E-state index contributed by atoms with van der Waals surface area (Å²) in [4.78, 5) is 23.5. The molecule has 0 fully saturated rings. The Morgan fingerprint density at radius 3 is 3.12 bits per heavy atom. The van der Waals surface area contributed by atoms with Crippen LogP contribution >= 0.6 is 23.1 Å². The van der Waals surface area contributed by atoms with Gasteiger partial charge >= 0.3 is 0 Å². The van der Waals surface area contributed by atoms with E-state index in [1.807, 2.05) is 6.26 Å². The standard InChI is InChI=1S/C18H17N5OS2/c1-25-18-21-23-16(24)8-11(19-17(23)26-18)9-22-7-6-13-12-4-2-3-5-14(12)20-15(13)10-22/h2-5,8,20H,6-7,9-10H2,1H3. The molecular weight excluding hydrogens is 366 g/mol. The van der Waals surface area contributed by atoms with Crippen LogP contribution in [0.1, 0.15) is 17.0 Å². The number of thioether (sulfide) groups is 1. The molecule has 4 heterocycles. The topological polar surface area (TPSA) is 66.3 Å². The molecule has 132 valence electrons. The number of benzene rings is 1. The summed E-state index contributed by atoms with van der Waals surface area (Å²) in [6.07, 6.45) is 2.97. The average molecular weight is 384 g/mol. The molecule has 0 saturated heterocycles. The highest BCUT2D eigenvalue weighted by Gasteiger charge is 2.21. The fraction of sp³-hybridized carbons (Fsp3) is 0.278. The lowest BCUT2D eigenvalue weighted by Crippen LogP contribution is -2.31. The first-order valence-electron chi connectivity index (χ1n) is 8.46. The second-order valence-corrected chi connectivity index (χ2v) is 8.45. The Bertz CT molecular complexity index is 1180. The van der Waals surface area contributed by atoms with Crippen LogP contribution in [0, 0.1) is 0 Å². The summed E-state index contributed by atoms with van der Waals surface area (Å²) >= 11 is 2.99. The maximum atomic E-state index is 12.3. The van der Waals surface area contributed by atoms with Gasteiger partial charge in [0.15, 0.2) is 4.34 Å². The summed E-state index contributed by atoms with van der Waals surface area (Å²) in [5.74, 6) is 0. The minimum Gasteiger partial charge on any atom is -0.357 e. The van der Waals surface area contributed by atoms with Gasteiger partial charge in [-0.25, -0.2) is 4.98 Å². The number of aromatic amines is 1. The van der Waals surface area contributed by atoms with Gasteiger partial charge in [0.2, 0.25) is 4.96 Å². The molecule has 0 amide bonds. The Balaban J connectivity index is 1.43. The number of fused-ring (bicyclic) bond motifs is 4. The number of hydrogen-bond acceptors (Lipinski definition) is 6. The van der Waals surface area contributed by atoms with Crippen molar-refractivity contribution < 1.29 is 0 Å². The molecule has 4 aromatic rings.